The number of fused-ring (bicyclic) bond motifs is 1. The largest absolute Gasteiger partial charge is 0.358 e. The molecule has 8 rings (SSSR count). The molecule has 0 saturated carbocycles. The van der Waals surface area contributed by atoms with Gasteiger partial charge in [0.05, 0.1) is 23.3 Å². The summed E-state index contributed by atoms with van der Waals surface area (Å²) in [6, 6.07) is 43.5. The maximum absolute atomic E-state index is 4.60. The van der Waals surface area contributed by atoms with Crippen LogP contribution in [-0.4, -0.2) is 29.9 Å². The van der Waals surface area contributed by atoms with Gasteiger partial charge in [0.25, 0.3) is 0 Å². The van der Waals surface area contributed by atoms with Gasteiger partial charge in [-0.25, -0.2) is 9.67 Å². The molecule has 0 unspecified atom stereocenters. The number of hydrogen-bond donors (Lipinski definition) is 2. The lowest BCUT2D eigenvalue weighted by molar-refractivity contribution is 0.811. The van der Waals surface area contributed by atoms with Crippen molar-refractivity contribution < 1.29 is 0 Å². The fraction of sp³-hybridized carbons (Fsp3) is 0.271. The Morgan fingerprint density at radius 1 is 0.600 bits per heavy atom. The average Bonchev–Trinajstić information content (AvgIpc) is 4.03. The molecule has 0 aliphatic carbocycles. The summed E-state index contributed by atoms with van der Waals surface area (Å²) < 4.78 is 2.00. The van der Waals surface area contributed by atoms with Crippen LogP contribution in [-0.2, 0) is 0 Å². The highest BCUT2D eigenvalue weighted by molar-refractivity contribution is 7.13. The zero-order valence-electron chi connectivity index (χ0n) is 33.8. The van der Waals surface area contributed by atoms with E-state index in [1.54, 1.807) is 11.3 Å². The second-order valence-corrected chi connectivity index (χ2v) is 15.7. The average molecular weight is 749 g/mol. The lowest BCUT2D eigenvalue weighted by Crippen LogP contribution is -1.99. The highest BCUT2D eigenvalue weighted by atomic mass is 32.1. The van der Waals surface area contributed by atoms with Gasteiger partial charge >= 0.3 is 0 Å². The van der Waals surface area contributed by atoms with Crippen molar-refractivity contribution >= 4 is 22.2 Å². The van der Waals surface area contributed by atoms with Crippen molar-refractivity contribution in [3.63, 3.8) is 0 Å². The number of benzene rings is 4. The quantitative estimate of drug-likeness (QED) is 0.170. The normalized spacial score (nSPS) is 10.9. The number of nitrogens with zero attached hydrogens (tertiary/aromatic N) is 4. The monoisotopic (exact) mass is 748 g/mol. The zero-order valence-corrected chi connectivity index (χ0v) is 34.6. The Morgan fingerprint density at radius 2 is 1.18 bits per heavy atom. The Labute approximate surface area is 331 Å². The van der Waals surface area contributed by atoms with Crippen molar-refractivity contribution in [1.82, 2.24) is 29.9 Å². The number of hydrogen-bond acceptors (Lipinski definition) is 4. The molecule has 0 aliphatic rings. The fourth-order valence-corrected chi connectivity index (χ4v) is 6.87. The molecular weight excluding hydrogens is 693 g/mol. The topological polar surface area (TPSA) is 75.2 Å². The summed E-state index contributed by atoms with van der Waals surface area (Å²) in [4.78, 5) is 7.99. The second kappa shape index (κ2) is 19.7. The maximum atomic E-state index is 4.60. The molecule has 4 aromatic heterocycles. The van der Waals surface area contributed by atoms with Crippen LogP contribution in [0.3, 0.4) is 0 Å². The van der Waals surface area contributed by atoms with Crippen LogP contribution in [0, 0.1) is 6.92 Å². The van der Waals surface area contributed by atoms with Gasteiger partial charge in [-0.05, 0) is 71.9 Å². The zero-order chi connectivity index (χ0) is 39.3. The molecule has 284 valence electrons. The number of H-pyrrole nitrogens is 2. The van der Waals surface area contributed by atoms with E-state index in [0.29, 0.717) is 23.7 Å². The number of aromatic nitrogens is 6. The lowest BCUT2D eigenvalue weighted by Gasteiger charge is -2.06. The number of rotatable bonds is 7. The molecule has 8 aromatic rings. The lowest BCUT2D eigenvalue weighted by atomic mass is 10.1. The van der Waals surface area contributed by atoms with Crippen LogP contribution in [0.15, 0.2) is 139 Å². The number of para-hydroxylation sites is 2. The summed E-state index contributed by atoms with van der Waals surface area (Å²) in [7, 11) is 0. The van der Waals surface area contributed by atoms with Crippen molar-refractivity contribution in [3.8, 4) is 27.5 Å². The molecule has 4 aromatic carbocycles. The summed E-state index contributed by atoms with van der Waals surface area (Å²) in [6.45, 7) is 19.6. The van der Waals surface area contributed by atoms with Crippen LogP contribution < -0.4 is 0 Å². The third kappa shape index (κ3) is 11.2. The second-order valence-electron chi connectivity index (χ2n) is 14.9. The molecule has 0 amide bonds. The molecule has 2 N–H and O–H groups in total. The fourth-order valence-electron chi connectivity index (χ4n) is 5.88. The predicted octanol–water partition coefficient (Wildman–Crippen LogP) is 13.7. The molecule has 4 heterocycles. The third-order valence-corrected chi connectivity index (χ3v) is 10.2. The molecule has 0 saturated heterocycles. The van der Waals surface area contributed by atoms with Gasteiger partial charge in [0.2, 0.25) is 0 Å². The number of thiazole rings is 1. The number of nitrogens with one attached hydrogen (secondary N) is 2. The van der Waals surface area contributed by atoms with Crippen LogP contribution in [0.25, 0.3) is 38.4 Å². The van der Waals surface area contributed by atoms with E-state index in [4.69, 9.17) is 0 Å². The molecule has 0 bridgehead atoms. The summed E-state index contributed by atoms with van der Waals surface area (Å²) in [5, 5.41) is 16.3. The highest BCUT2D eigenvalue weighted by Crippen LogP contribution is 2.27. The van der Waals surface area contributed by atoms with Crippen LogP contribution in [0.4, 0.5) is 0 Å². The maximum Gasteiger partial charge on any atom is 0.123 e. The van der Waals surface area contributed by atoms with Crippen LogP contribution in [0.2, 0.25) is 0 Å². The molecular formula is C48H56N6S. The van der Waals surface area contributed by atoms with E-state index in [-0.39, 0.29) is 0 Å². The van der Waals surface area contributed by atoms with E-state index in [2.05, 4.69) is 166 Å². The van der Waals surface area contributed by atoms with Gasteiger partial charge in [-0.1, -0.05) is 152 Å². The van der Waals surface area contributed by atoms with E-state index in [9.17, 15) is 0 Å². The first-order valence-corrected chi connectivity index (χ1v) is 20.2. The molecule has 55 heavy (non-hydrogen) atoms. The molecule has 6 nitrogen and oxygen atoms in total. The first-order chi connectivity index (χ1) is 26.5. The Morgan fingerprint density at radius 3 is 1.71 bits per heavy atom. The minimum atomic E-state index is 0.500. The van der Waals surface area contributed by atoms with E-state index in [1.807, 2.05) is 65.5 Å². The molecule has 0 fully saturated rings. The predicted molar refractivity (Wildman–Crippen MR) is 235 cm³/mol. The first kappa shape index (κ1) is 40.7. The van der Waals surface area contributed by atoms with Crippen LogP contribution in [0.1, 0.15) is 107 Å². The van der Waals surface area contributed by atoms with Crippen molar-refractivity contribution in [2.45, 2.75) is 86.0 Å². The summed E-state index contributed by atoms with van der Waals surface area (Å²) in [6.07, 6.45) is 1.97. The van der Waals surface area contributed by atoms with E-state index in [0.717, 1.165) is 22.0 Å². The van der Waals surface area contributed by atoms with Gasteiger partial charge in [0.1, 0.15) is 5.01 Å². The van der Waals surface area contributed by atoms with Gasteiger partial charge in [-0.2, -0.15) is 10.2 Å². The molecule has 7 heteroatoms. The van der Waals surface area contributed by atoms with Crippen molar-refractivity contribution in [1.29, 1.82) is 0 Å². The van der Waals surface area contributed by atoms with Gasteiger partial charge in [-0.3, -0.25) is 5.10 Å². The summed E-state index contributed by atoms with van der Waals surface area (Å²) in [5.74, 6) is 2.13. The van der Waals surface area contributed by atoms with Crippen molar-refractivity contribution in [3.05, 3.63) is 167 Å². The standard InChI is InChI=1S/C13H16N2.C12H14N2.C12H13NS.C11H13N/c1-10(2)13-9-14-15(11(13)3)12-7-5-4-6-8-12;1-9(2)11-8-12(14-13-11)10-6-4-3-5-7-10;1-9(2)11-8-14-12(13-11)10-6-4-3-5-7-10;1-8(2)11-7-9-5-3-4-6-10(9)12-11/h4-10H,1-3H3;3-9H,1-2H3,(H,13,14);3-9H,1-2H3;3-8,12H,1-2H3. The first-order valence-electron chi connectivity index (χ1n) is 19.3. The minimum absolute atomic E-state index is 0.500. The summed E-state index contributed by atoms with van der Waals surface area (Å²) >= 11 is 1.72. The van der Waals surface area contributed by atoms with E-state index in [1.165, 1.54) is 44.8 Å². The van der Waals surface area contributed by atoms with Crippen molar-refractivity contribution in [2.24, 2.45) is 0 Å². The van der Waals surface area contributed by atoms with Gasteiger partial charge in [0, 0.05) is 39.1 Å². The minimum Gasteiger partial charge on any atom is -0.358 e. The van der Waals surface area contributed by atoms with Gasteiger partial charge in [-0.15, -0.1) is 11.3 Å². The Hall–Kier alpha value is -5.53. The molecule has 0 spiro atoms. The Bertz CT molecular complexity index is 2180. The molecule has 0 aliphatic heterocycles. The van der Waals surface area contributed by atoms with Gasteiger partial charge < -0.3 is 4.98 Å². The third-order valence-electron chi connectivity index (χ3n) is 9.27. The summed E-state index contributed by atoms with van der Waals surface area (Å²) in [5.41, 5.74) is 12.0. The smallest absolute Gasteiger partial charge is 0.123 e. The number of aromatic amines is 2. The van der Waals surface area contributed by atoms with Crippen molar-refractivity contribution in [2.75, 3.05) is 0 Å². The van der Waals surface area contributed by atoms with E-state index < -0.39 is 0 Å². The molecule has 0 atom stereocenters. The van der Waals surface area contributed by atoms with E-state index >= 15 is 0 Å². The SMILES string of the molecule is CC(C)c1cc(-c2ccccc2)n[nH]1.CC(C)c1cc2ccccc2[nH]1.CC(C)c1csc(-c2ccccc2)n1.Cc1c(C(C)C)cnn1-c1ccccc1. The molecule has 0 radical (unpaired) electrons. The Balaban J connectivity index is 0.000000141. The Kier molecular flexibility index (Phi) is 14.6. The van der Waals surface area contributed by atoms with Crippen LogP contribution in [0.5, 0.6) is 0 Å². The van der Waals surface area contributed by atoms with Gasteiger partial charge in [0.15, 0.2) is 0 Å². The van der Waals surface area contributed by atoms with Crippen LogP contribution >= 0.6 is 11.3 Å². The highest BCUT2D eigenvalue weighted by Gasteiger charge is 2.10.